The summed E-state index contributed by atoms with van der Waals surface area (Å²) in [4.78, 5) is 25.2. The Morgan fingerprint density at radius 1 is 1.10 bits per heavy atom. The minimum Gasteiger partial charge on any atom is -0.481 e. The molecule has 0 spiro atoms. The molecule has 0 aromatic heterocycles. The average molecular weight is 289 g/mol. The molecule has 1 aliphatic carbocycles. The van der Waals surface area contributed by atoms with E-state index in [0.29, 0.717) is 13.1 Å². The summed E-state index contributed by atoms with van der Waals surface area (Å²) in [5, 5.41) is 8.88. The minimum absolute atomic E-state index is 0.00525. The third-order valence-electron chi connectivity index (χ3n) is 4.08. The van der Waals surface area contributed by atoms with Gasteiger partial charge in [0.05, 0.1) is 6.42 Å². The maximum absolute atomic E-state index is 12.6. The van der Waals surface area contributed by atoms with Crippen LogP contribution in [0.25, 0.3) is 0 Å². The second-order valence-electron chi connectivity index (χ2n) is 5.72. The second kappa shape index (κ2) is 7.81. The van der Waals surface area contributed by atoms with Crippen LogP contribution in [-0.4, -0.2) is 28.4 Å². The summed E-state index contributed by atoms with van der Waals surface area (Å²) < 4.78 is 0. The van der Waals surface area contributed by atoms with Crippen molar-refractivity contribution in [2.75, 3.05) is 6.54 Å². The highest BCUT2D eigenvalue weighted by Crippen LogP contribution is 2.26. The Balaban J connectivity index is 2.03. The molecule has 2 rings (SSSR count). The monoisotopic (exact) mass is 289 g/mol. The zero-order valence-electron chi connectivity index (χ0n) is 12.3. The van der Waals surface area contributed by atoms with Gasteiger partial charge in [0.25, 0.3) is 0 Å². The molecule has 1 aliphatic rings. The zero-order chi connectivity index (χ0) is 15.1. The smallest absolute Gasteiger partial charge is 0.305 e. The highest BCUT2D eigenvalue weighted by Gasteiger charge is 2.26. The number of hydrogen-bond donors (Lipinski definition) is 1. The highest BCUT2D eigenvalue weighted by atomic mass is 16.4. The quantitative estimate of drug-likeness (QED) is 0.875. The zero-order valence-corrected chi connectivity index (χ0v) is 12.3. The molecule has 0 unspecified atom stereocenters. The van der Waals surface area contributed by atoms with Gasteiger partial charge in [-0.25, -0.2) is 0 Å². The SMILES string of the molecule is O=C(O)CCN(Cc1ccccc1)C(=O)C1CCCCC1. The minimum atomic E-state index is -0.857. The van der Waals surface area contributed by atoms with Crippen molar-refractivity contribution in [2.24, 2.45) is 5.92 Å². The number of carbonyl (C=O) groups is 2. The number of aliphatic carboxylic acids is 1. The van der Waals surface area contributed by atoms with Gasteiger partial charge in [-0.05, 0) is 18.4 Å². The summed E-state index contributed by atoms with van der Waals surface area (Å²) in [5.74, 6) is -0.652. The Labute approximate surface area is 125 Å². The second-order valence-corrected chi connectivity index (χ2v) is 5.72. The van der Waals surface area contributed by atoms with Gasteiger partial charge in [0.1, 0.15) is 0 Å². The molecule has 0 atom stereocenters. The van der Waals surface area contributed by atoms with Gasteiger partial charge in [-0.2, -0.15) is 0 Å². The summed E-state index contributed by atoms with van der Waals surface area (Å²) in [6.07, 6.45) is 5.31. The molecular formula is C17H23NO3. The first kappa shape index (κ1) is 15.5. The van der Waals surface area contributed by atoms with Crippen LogP contribution in [0.1, 0.15) is 44.1 Å². The van der Waals surface area contributed by atoms with Crippen LogP contribution in [-0.2, 0) is 16.1 Å². The van der Waals surface area contributed by atoms with E-state index >= 15 is 0 Å². The van der Waals surface area contributed by atoms with Crippen molar-refractivity contribution in [3.8, 4) is 0 Å². The number of nitrogens with zero attached hydrogens (tertiary/aromatic N) is 1. The molecule has 1 aromatic rings. The van der Waals surface area contributed by atoms with Crippen molar-refractivity contribution >= 4 is 11.9 Å². The molecule has 114 valence electrons. The van der Waals surface area contributed by atoms with Crippen molar-refractivity contribution in [1.82, 2.24) is 4.90 Å². The van der Waals surface area contributed by atoms with Crippen molar-refractivity contribution in [1.29, 1.82) is 0 Å². The molecule has 21 heavy (non-hydrogen) atoms. The molecule has 4 heteroatoms. The lowest BCUT2D eigenvalue weighted by molar-refractivity contribution is -0.140. The molecule has 1 N–H and O–H groups in total. The maximum atomic E-state index is 12.6. The van der Waals surface area contributed by atoms with Gasteiger partial charge in [-0.15, -0.1) is 0 Å². The van der Waals surface area contributed by atoms with Crippen LogP contribution < -0.4 is 0 Å². The van der Waals surface area contributed by atoms with E-state index in [9.17, 15) is 9.59 Å². The first-order valence-corrected chi connectivity index (χ1v) is 7.71. The van der Waals surface area contributed by atoms with E-state index in [2.05, 4.69) is 0 Å². The normalized spacial score (nSPS) is 15.6. The van der Waals surface area contributed by atoms with Crippen LogP contribution in [0.2, 0.25) is 0 Å². The molecule has 1 saturated carbocycles. The molecule has 0 radical (unpaired) electrons. The number of benzene rings is 1. The molecule has 0 aliphatic heterocycles. The van der Waals surface area contributed by atoms with E-state index < -0.39 is 5.97 Å². The lowest BCUT2D eigenvalue weighted by Crippen LogP contribution is -2.38. The van der Waals surface area contributed by atoms with Gasteiger partial charge in [0.2, 0.25) is 5.91 Å². The maximum Gasteiger partial charge on any atom is 0.305 e. The summed E-state index contributed by atoms with van der Waals surface area (Å²) >= 11 is 0. The van der Waals surface area contributed by atoms with Crippen LogP contribution in [0.15, 0.2) is 30.3 Å². The molecule has 1 fully saturated rings. The van der Waals surface area contributed by atoms with Crippen molar-refractivity contribution in [2.45, 2.75) is 45.1 Å². The van der Waals surface area contributed by atoms with Crippen LogP contribution in [0, 0.1) is 5.92 Å². The topological polar surface area (TPSA) is 57.6 Å². The number of carboxylic acid groups (broad SMARTS) is 1. The summed E-state index contributed by atoms with van der Waals surface area (Å²) in [6, 6.07) is 9.77. The third kappa shape index (κ3) is 4.88. The fourth-order valence-corrected chi connectivity index (χ4v) is 2.91. The molecule has 0 bridgehead atoms. The summed E-state index contributed by atoms with van der Waals surface area (Å²) in [5.41, 5.74) is 1.05. The van der Waals surface area contributed by atoms with Gasteiger partial charge in [-0.1, -0.05) is 49.6 Å². The van der Waals surface area contributed by atoms with E-state index in [0.717, 1.165) is 31.2 Å². The van der Waals surface area contributed by atoms with E-state index in [1.165, 1.54) is 6.42 Å². The van der Waals surface area contributed by atoms with Gasteiger partial charge in [0, 0.05) is 19.0 Å². The number of carbonyl (C=O) groups excluding carboxylic acids is 1. The van der Waals surface area contributed by atoms with Crippen molar-refractivity contribution in [3.63, 3.8) is 0 Å². The average Bonchev–Trinajstić information content (AvgIpc) is 2.52. The number of rotatable bonds is 6. The number of carboxylic acids is 1. The fraction of sp³-hybridized carbons (Fsp3) is 0.529. The first-order chi connectivity index (χ1) is 10.2. The number of amides is 1. The standard InChI is InChI=1S/C17H23NO3/c19-16(20)11-12-18(13-14-7-3-1-4-8-14)17(21)15-9-5-2-6-10-15/h1,3-4,7-8,15H,2,5-6,9-13H2,(H,19,20). The van der Waals surface area contributed by atoms with E-state index in [1.54, 1.807) is 4.90 Å². The predicted molar refractivity (Wildman–Crippen MR) is 80.7 cm³/mol. The third-order valence-corrected chi connectivity index (χ3v) is 4.08. The van der Waals surface area contributed by atoms with Gasteiger partial charge >= 0.3 is 5.97 Å². The van der Waals surface area contributed by atoms with Crippen LogP contribution in [0.3, 0.4) is 0 Å². The summed E-state index contributed by atoms with van der Waals surface area (Å²) in [7, 11) is 0. The molecular weight excluding hydrogens is 266 g/mol. The molecule has 0 heterocycles. The Morgan fingerprint density at radius 2 is 1.76 bits per heavy atom. The van der Waals surface area contributed by atoms with E-state index in [-0.39, 0.29) is 18.2 Å². The molecule has 1 aromatic carbocycles. The molecule has 1 amide bonds. The summed E-state index contributed by atoms with van der Waals surface area (Å²) in [6.45, 7) is 0.795. The number of hydrogen-bond acceptors (Lipinski definition) is 2. The lowest BCUT2D eigenvalue weighted by atomic mass is 9.88. The Bertz CT molecular complexity index is 466. The molecule has 0 saturated heterocycles. The van der Waals surface area contributed by atoms with Gasteiger partial charge in [-0.3, -0.25) is 9.59 Å². The largest absolute Gasteiger partial charge is 0.481 e. The first-order valence-electron chi connectivity index (χ1n) is 7.71. The van der Waals surface area contributed by atoms with Gasteiger partial charge < -0.3 is 10.0 Å². The van der Waals surface area contributed by atoms with E-state index in [4.69, 9.17) is 5.11 Å². The Hall–Kier alpha value is -1.84. The van der Waals surface area contributed by atoms with Crippen molar-refractivity contribution in [3.05, 3.63) is 35.9 Å². The highest BCUT2D eigenvalue weighted by molar-refractivity contribution is 5.79. The molecule has 4 nitrogen and oxygen atoms in total. The lowest BCUT2D eigenvalue weighted by Gasteiger charge is -2.29. The van der Waals surface area contributed by atoms with Crippen LogP contribution in [0.5, 0.6) is 0 Å². The van der Waals surface area contributed by atoms with Crippen LogP contribution >= 0.6 is 0 Å². The van der Waals surface area contributed by atoms with E-state index in [1.807, 2.05) is 30.3 Å². The Morgan fingerprint density at radius 3 is 2.38 bits per heavy atom. The fourth-order valence-electron chi connectivity index (χ4n) is 2.91. The van der Waals surface area contributed by atoms with Crippen molar-refractivity contribution < 1.29 is 14.7 Å². The van der Waals surface area contributed by atoms with Crippen LogP contribution in [0.4, 0.5) is 0 Å². The van der Waals surface area contributed by atoms with Gasteiger partial charge in [0.15, 0.2) is 0 Å². The Kier molecular flexibility index (Phi) is 5.78. The predicted octanol–water partition coefficient (Wildman–Crippen LogP) is 3.07.